The highest BCUT2D eigenvalue weighted by Crippen LogP contribution is 2.44. The third-order valence-corrected chi connectivity index (χ3v) is 7.97. The van der Waals surface area contributed by atoms with Gasteiger partial charge >= 0.3 is 12.1 Å². The van der Waals surface area contributed by atoms with Crippen molar-refractivity contribution >= 4 is 29.7 Å². The first-order valence-electron chi connectivity index (χ1n) is 11.3. The van der Waals surface area contributed by atoms with Gasteiger partial charge in [0.05, 0.1) is 5.88 Å². The molecule has 2 aromatic rings. The number of benzene rings is 2. The Kier molecular flexibility index (Phi) is 6.01. The Labute approximate surface area is 196 Å². The van der Waals surface area contributed by atoms with Gasteiger partial charge in [0.2, 0.25) is 5.91 Å². The van der Waals surface area contributed by atoms with E-state index < -0.39 is 24.1 Å². The van der Waals surface area contributed by atoms with Crippen LogP contribution in [0.4, 0.5) is 4.79 Å². The van der Waals surface area contributed by atoms with Gasteiger partial charge in [-0.2, -0.15) is 0 Å². The first-order valence-corrected chi connectivity index (χ1v) is 12.4. The molecule has 0 aromatic heterocycles. The van der Waals surface area contributed by atoms with Gasteiger partial charge in [-0.15, -0.1) is 11.8 Å². The van der Waals surface area contributed by atoms with Crippen LogP contribution in [0.5, 0.6) is 0 Å². The van der Waals surface area contributed by atoms with E-state index in [-0.39, 0.29) is 24.3 Å². The summed E-state index contributed by atoms with van der Waals surface area (Å²) in [6.07, 6.45) is 2.02. The fraction of sp³-hybridized carbons (Fsp3) is 0.400. The van der Waals surface area contributed by atoms with Gasteiger partial charge in [0.15, 0.2) is 0 Å². The van der Waals surface area contributed by atoms with Crippen molar-refractivity contribution in [3.05, 3.63) is 59.7 Å². The second kappa shape index (κ2) is 9.09. The maximum absolute atomic E-state index is 13.2. The number of hydrogen-bond donors (Lipinski definition) is 2. The molecule has 1 heterocycles. The molecule has 2 N–H and O–H groups in total. The quantitative estimate of drug-likeness (QED) is 0.674. The predicted octanol–water partition coefficient (Wildman–Crippen LogP) is 3.68. The number of carbonyl (C=O) groups excluding carboxylic acids is 2. The third kappa shape index (κ3) is 4.08. The van der Waals surface area contributed by atoms with Crippen LogP contribution in [0.3, 0.4) is 0 Å². The molecule has 0 spiro atoms. The molecule has 33 heavy (non-hydrogen) atoms. The molecule has 172 valence electrons. The van der Waals surface area contributed by atoms with E-state index in [1.807, 2.05) is 24.3 Å². The second-order valence-electron chi connectivity index (χ2n) is 8.80. The Bertz CT molecular complexity index is 1040. The largest absolute Gasteiger partial charge is 0.480 e. The summed E-state index contributed by atoms with van der Waals surface area (Å²) in [6.45, 7) is 0.169. The molecule has 2 aromatic carbocycles. The lowest BCUT2D eigenvalue weighted by Gasteiger charge is -2.36. The van der Waals surface area contributed by atoms with Gasteiger partial charge in [-0.05, 0) is 41.0 Å². The van der Waals surface area contributed by atoms with Gasteiger partial charge in [-0.25, -0.2) is 9.59 Å². The predicted molar refractivity (Wildman–Crippen MR) is 125 cm³/mol. The molecule has 8 heteroatoms. The fourth-order valence-electron chi connectivity index (χ4n) is 4.96. The third-order valence-electron chi connectivity index (χ3n) is 6.95. The number of carbonyl (C=O) groups is 3. The highest BCUT2D eigenvalue weighted by molar-refractivity contribution is 7.99. The highest BCUT2D eigenvalue weighted by Gasteiger charge is 2.42. The minimum Gasteiger partial charge on any atom is -0.480 e. The lowest BCUT2D eigenvalue weighted by atomic mass is 9.79. The first-order chi connectivity index (χ1) is 16.0. The average Bonchev–Trinajstić information content (AvgIpc) is 3.39. The summed E-state index contributed by atoms with van der Waals surface area (Å²) in [7, 11) is 0. The van der Waals surface area contributed by atoms with Crippen molar-refractivity contribution in [3.8, 4) is 11.1 Å². The van der Waals surface area contributed by atoms with Crippen molar-refractivity contribution in [1.82, 2.24) is 10.2 Å². The van der Waals surface area contributed by atoms with Crippen LogP contribution in [0.15, 0.2) is 48.5 Å². The van der Waals surface area contributed by atoms with Crippen molar-refractivity contribution in [2.24, 2.45) is 5.92 Å². The maximum atomic E-state index is 13.2. The number of fused-ring (bicyclic) bond motifs is 3. The SMILES string of the molecule is O=C(NC(C(=O)N1CSC[C@H]1C(=O)O)C1CCC1)OCC1c2ccccc2-c2ccccc21. The Balaban J connectivity index is 1.28. The second-order valence-corrected chi connectivity index (χ2v) is 9.80. The molecule has 2 amide bonds. The molecule has 2 aliphatic carbocycles. The number of amides is 2. The van der Waals surface area contributed by atoms with E-state index in [0.717, 1.165) is 41.5 Å². The Morgan fingerprint density at radius 3 is 2.27 bits per heavy atom. The van der Waals surface area contributed by atoms with Crippen molar-refractivity contribution in [2.45, 2.75) is 37.3 Å². The maximum Gasteiger partial charge on any atom is 0.407 e. The van der Waals surface area contributed by atoms with E-state index >= 15 is 0 Å². The van der Waals surface area contributed by atoms with E-state index in [9.17, 15) is 19.5 Å². The number of thioether (sulfide) groups is 1. The normalized spacial score (nSPS) is 20.5. The molecule has 3 aliphatic rings. The molecule has 5 rings (SSSR count). The van der Waals surface area contributed by atoms with Crippen molar-refractivity contribution in [3.63, 3.8) is 0 Å². The fourth-order valence-corrected chi connectivity index (χ4v) is 6.12. The summed E-state index contributed by atoms with van der Waals surface area (Å²) in [4.78, 5) is 38.9. The van der Waals surface area contributed by atoms with Crippen molar-refractivity contribution in [1.29, 1.82) is 0 Å². The standard InChI is InChI=1S/C25H26N2O5S/c28-23(27-14-33-13-21(27)24(29)30)22(15-6-5-7-15)26-25(31)32-12-20-18-10-3-1-8-16(18)17-9-2-4-11-19(17)20/h1-4,8-11,15,20-22H,5-7,12-14H2,(H,26,31)(H,29,30)/t21-,22?/m0/s1. The van der Waals surface area contributed by atoms with Crippen LogP contribution >= 0.6 is 11.8 Å². The molecule has 7 nitrogen and oxygen atoms in total. The van der Waals surface area contributed by atoms with Crippen LogP contribution in [0.2, 0.25) is 0 Å². The highest BCUT2D eigenvalue weighted by atomic mass is 32.2. The smallest absolute Gasteiger partial charge is 0.407 e. The Hall–Kier alpha value is -3.00. The van der Waals surface area contributed by atoms with Gasteiger partial charge in [0.1, 0.15) is 18.7 Å². The summed E-state index contributed by atoms with van der Waals surface area (Å²) in [5.41, 5.74) is 4.54. The molecule has 0 bridgehead atoms. The van der Waals surface area contributed by atoms with E-state index in [1.165, 1.54) is 16.7 Å². The van der Waals surface area contributed by atoms with Gasteiger partial charge in [0.25, 0.3) is 0 Å². The van der Waals surface area contributed by atoms with Gasteiger partial charge in [-0.3, -0.25) is 4.79 Å². The van der Waals surface area contributed by atoms with Crippen molar-refractivity contribution < 1.29 is 24.2 Å². The summed E-state index contributed by atoms with van der Waals surface area (Å²) in [5.74, 6) is -0.702. The monoisotopic (exact) mass is 466 g/mol. The number of carboxylic acids is 1. The minimum absolute atomic E-state index is 0.0121. The Morgan fingerprint density at radius 2 is 1.70 bits per heavy atom. The lowest BCUT2D eigenvalue weighted by molar-refractivity contribution is -0.149. The van der Waals surface area contributed by atoms with Gasteiger partial charge in [-0.1, -0.05) is 55.0 Å². The molecular formula is C25H26N2O5S. The van der Waals surface area contributed by atoms with Crippen molar-refractivity contribution in [2.75, 3.05) is 18.2 Å². The number of alkyl carbamates (subject to hydrolysis) is 1. The molecule has 2 fully saturated rings. The van der Waals surface area contributed by atoms with Crippen LogP contribution in [0.25, 0.3) is 11.1 Å². The average molecular weight is 467 g/mol. The topological polar surface area (TPSA) is 95.9 Å². The molecule has 2 atom stereocenters. The number of aliphatic carboxylic acids is 1. The molecule has 0 radical (unpaired) electrons. The zero-order valence-corrected chi connectivity index (χ0v) is 18.9. The minimum atomic E-state index is -1.01. The van der Waals surface area contributed by atoms with Crippen LogP contribution in [0.1, 0.15) is 36.3 Å². The molecular weight excluding hydrogens is 440 g/mol. The van der Waals surface area contributed by atoms with E-state index in [1.54, 1.807) is 0 Å². The number of carboxylic acid groups (broad SMARTS) is 1. The molecule has 1 saturated carbocycles. The molecule has 1 aliphatic heterocycles. The first kappa shape index (κ1) is 21.8. The van der Waals surface area contributed by atoms with Crippen LogP contribution < -0.4 is 5.32 Å². The number of ether oxygens (including phenoxy) is 1. The summed E-state index contributed by atoms with van der Waals surface area (Å²) >= 11 is 1.41. The van der Waals surface area contributed by atoms with E-state index in [0.29, 0.717) is 11.6 Å². The van der Waals surface area contributed by atoms with E-state index in [4.69, 9.17) is 4.74 Å². The summed E-state index contributed by atoms with van der Waals surface area (Å²) < 4.78 is 5.63. The zero-order chi connectivity index (χ0) is 22.9. The van der Waals surface area contributed by atoms with Crippen LogP contribution in [0, 0.1) is 5.92 Å². The molecule has 1 unspecified atom stereocenters. The number of nitrogens with one attached hydrogen (secondary N) is 1. The van der Waals surface area contributed by atoms with Crippen LogP contribution in [-0.4, -0.2) is 58.3 Å². The summed E-state index contributed by atoms with van der Waals surface area (Å²) in [5, 5.41) is 12.2. The lowest BCUT2D eigenvalue weighted by Crippen LogP contribution is -2.56. The number of nitrogens with zero attached hydrogens (tertiary/aromatic N) is 1. The van der Waals surface area contributed by atoms with E-state index in [2.05, 4.69) is 29.6 Å². The summed E-state index contributed by atoms with van der Waals surface area (Å²) in [6, 6.07) is 14.6. The Morgan fingerprint density at radius 1 is 1.06 bits per heavy atom. The van der Waals surface area contributed by atoms with Gasteiger partial charge < -0.3 is 20.1 Å². The zero-order valence-electron chi connectivity index (χ0n) is 18.1. The number of hydrogen-bond acceptors (Lipinski definition) is 5. The molecule has 1 saturated heterocycles. The number of rotatable bonds is 6. The van der Waals surface area contributed by atoms with Gasteiger partial charge in [0, 0.05) is 11.7 Å². The van der Waals surface area contributed by atoms with Crippen LogP contribution in [-0.2, 0) is 14.3 Å².